The van der Waals surface area contributed by atoms with Crippen LogP contribution in [0.1, 0.15) is 42.5 Å². The van der Waals surface area contributed by atoms with E-state index in [-0.39, 0.29) is 17.5 Å². The summed E-state index contributed by atoms with van der Waals surface area (Å²) in [5.41, 5.74) is -2.29. The maximum Gasteiger partial charge on any atom is 0.321 e. The van der Waals surface area contributed by atoms with E-state index in [0.717, 1.165) is 37.2 Å². The van der Waals surface area contributed by atoms with Crippen LogP contribution < -0.4 is 10.3 Å². The molecule has 41 heavy (non-hydrogen) atoms. The van der Waals surface area contributed by atoms with Crippen molar-refractivity contribution in [2.45, 2.75) is 38.6 Å². The minimum absolute atomic E-state index is 0.0586. The number of carboxylic acid groups (broad SMARTS) is 2. The van der Waals surface area contributed by atoms with E-state index < -0.39 is 41.5 Å². The average molecular weight is 564 g/mol. The highest BCUT2D eigenvalue weighted by molar-refractivity contribution is 6.11. The number of hydrogen-bond donors (Lipinski definition) is 2. The lowest BCUT2D eigenvalue weighted by molar-refractivity contribution is -0.165. The van der Waals surface area contributed by atoms with Crippen molar-refractivity contribution >= 4 is 39.6 Å². The van der Waals surface area contributed by atoms with Crippen LogP contribution in [0.5, 0.6) is 5.75 Å². The first kappa shape index (κ1) is 28.0. The van der Waals surface area contributed by atoms with Crippen molar-refractivity contribution < 1.29 is 38.5 Å². The number of hydrogen-bond acceptors (Lipinski definition) is 9. The molecule has 1 aliphatic rings. The molecule has 2 N–H and O–H groups in total. The first-order chi connectivity index (χ1) is 19.8. The number of furan rings is 1. The van der Waals surface area contributed by atoms with Gasteiger partial charge in [-0.2, -0.15) is 0 Å². The van der Waals surface area contributed by atoms with Crippen LogP contribution in [0, 0.1) is 11.3 Å². The van der Waals surface area contributed by atoms with Gasteiger partial charge in [-0.05, 0) is 55.9 Å². The first-order valence-electron chi connectivity index (χ1n) is 13.3. The number of carbonyl (C=O) groups excluding carboxylic acids is 1. The molecule has 0 atom stereocenters. The van der Waals surface area contributed by atoms with Gasteiger partial charge < -0.3 is 24.1 Å². The van der Waals surface area contributed by atoms with Crippen LogP contribution in [-0.2, 0) is 20.9 Å². The number of aromatic nitrogens is 3. The van der Waals surface area contributed by atoms with E-state index in [9.17, 15) is 29.4 Å². The molecule has 0 amide bonds. The number of aryl methyl sites for hydroxylation is 1. The summed E-state index contributed by atoms with van der Waals surface area (Å²) >= 11 is 0. The third kappa shape index (κ3) is 5.82. The molecular weight excluding hydrogens is 534 g/mol. The van der Waals surface area contributed by atoms with Gasteiger partial charge in [0.1, 0.15) is 23.1 Å². The van der Waals surface area contributed by atoms with Gasteiger partial charge in [0.05, 0.1) is 17.6 Å². The van der Waals surface area contributed by atoms with E-state index in [4.69, 9.17) is 13.9 Å². The second-order valence-corrected chi connectivity index (χ2v) is 10.2. The van der Waals surface area contributed by atoms with Gasteiger partial charge in [0.2, 0.25) is 0 Å². The topological polar surface area (TPSA) is 171 Å². The summed E-state index contributed by atoms with van der Waals surface area (Å²) in [6.07, 6.45) is 2.67. The molecule has 1 fully saturated rings. The maximum absolute atomic E-state index is 13.3. The van der Waals surface area contributed by atoms with Gasteiger partial charge in [0, 0.05) is 37.6 Å². The van der Waals surface area contributed by atoms with E-state index in [1.807, 2.05) is 0 Å². The second kappa shape index (κ2) is 11.9. The number of Topliss-reactive ketones (excluding diaryl/α,β-unsaturated/α-hetero) is 1. The largest absolute Gasteiger partial charge is 0.493 e. The number of rotatable bonds is 12. The van der Waals surface area contributed by atoms with Crippen LogP contribution in [0.2, 0.25) is 0 Å². The van der Waals surface area contributed by atoms with Crippen molar-refractivity contribution in [2.75, 3.05) is 19.8 Å². The minimum Gasteiger partial charge on any atom is -0.493 e. The Morgan fingerprint density at radius 3 is 2.56 bits per heavy atom. The summed E-state index contributed by atoms with van der Waals surface area (Å²) in [5, 5.41) is 28.4. The second-order valence-electron chi connectivity index (χ2n) is 10.2. The van der Waals surface area contributed by atoms with Crippen molar-refractivity contribution in [1.82, 2.24) is 15.0 Å². The molecule has 0 spiro atoms. The van der Waals surface area contributed by atoms with Gasteiger partial charge in [0.15, 0.2) is 11.2 Å². The fourth-order valence-corrected chi connectivity index (χ4v) is 5.07. The van der Waals surface area contributed by atoms with Crippen molar-refractivity contribution in [3.63, 3.8) is 0 Å². The highest BCUT2D eigenvalue weighted by Gasteiger charge is 2.48. The summed E-state index contributed by atoms with van der Waals surface area (Å²) in [6.45, 7) is 1.68. The maximum atomic E-state index is 13.3. The zero-order valence-electron chi connectivity index (χ0n) is 22.2. The molecule has 12 nitrogen and oxygen atoms in total. The molecule has 1 saturated heterocycles. The van der Waals surface area contributed by atoms with Gasteiger partial charge in [-0.1, -0.05) is 17.3 Å². The number of nitrogens with zero attached hydrogens (tertiary/aromatic N) is 3. The fraction of sp³-hybridized carbons (Fsp3) is 0.379. The highest BCUT2D eigenvalue weighted by atomic mass is 16.5. The normalized spacial score (nSPS) is 14.3. The van der Waals surface area contributed by atoms with Crippen LogP contribution in [0.25, 0.3) is 21.9 Å². The summed E-state index contributed by atoms with van der Waals surface area (Å²) in [7, 11) is 0. The fourth-order valence-electron chi connectivity index (χ4n) is 5.07. The van der Waals surface area contributed by atoms with Gasteiger partial charge in [-0.3, -0.25) is 19.2 Å². The van der Waals surface area contributed by atoms with E-state index in [0.29, 0.717) is 34.8 Å². The molecule has 0 bridgehead atoms. The van der Waals surface area contributed by atoms with E-state index in [2.05, 4.69) is 10.3 Å². The molecule has 0 radical (unpaired) electrons. The van der Waals surface area contributed by atoms with Crippen molar-refractivity contribution in [1.29, 1.82) is 0 Å². The summed E-state index contributed by atoms with van der Waals surface area (Å²) in [4.78, 5) is 50.7. The summed E-state index contributed by atoms with van der Waals surface area (Å²) in [6, 6.07) is 11.4. The Morgan fingerprint density at radius 2 is 1.80 bits per heavy atom. The molecule has 4 aromatic rings. The Hall–Kier alpha value is -4.58. The lowest BCUT2D eigenvalue weighted by Crippen LogP contribution is -2.43. The lowest BCUT2D eigenvalue weighted by Gasteiger charge is -2.24. The van der Waals surface area contributed by atoms with Gasteiger partial charge >= 0.3 is 11.9 Å². The van der Waals surface area contributed by atoms with Crippen LogP contribution >= 0.6 is 0 Å². The van der Waals surface area contributed by atoms with Gasteiger partial charge in [0.25, 0.3) is 5.56 Å². The molecular formula is C29H29N3O9. The number of ketones is 1. The number of benzene rings is 2. The quantitative estimate of drug-likeness (QED) is 0.191. The van der Waals surface area contributed by atoms with Gasteiger partial charge in [-0.15, -0.1) is 5.10 Å². The predicted octanol–water partition coefficient (Wildman–Crippen LogP) is 3.55. The Balaban J connectivity index is 1.31. The molecule has 0 saturated carbocycles. The minimum atomic E-state index is -2.51. The molecule has 12 heteroatoms. The monoisotopic (exact) mass is 563 g/mol. The molecule has 2 aromatic carbocycles. The van der Waals surface area contributed by atoms with Crippen molar-refractivity contribution in [3.05, 3.63) is 64.6 Å². The summed E-state index contributed by atoms with van der Waals surface area (Å²) < 4.78 is 17.7. The Labute approximate surface area is 233 Å². The van der Waals surface area contributed by atoms with E-state index >= 15 is 0 Å². The molecule has 2 aromatic heterocycles. The summed E-state index contributed by atoms with van der Waals surface area (Å²) in [5.74, 6) is -3.01. The van der Waals surface area contributed by atoms with Crippen LogP contribution in [0.4, 0.5) is 0 Å². The molecule has 214 valence electrons. The third-order valence-electron chi connectivity index (χ3n) is 7.64. The molecule has 0 aliphatic carbocycles. The molecule has 5 rings (SSSR count). The van der Waals surface area contributed by atoms with Crippen LogP contribution in [0.3, 0.4) is 0 Å². The number of carboxylic acids is 2. The first-order valence-corrected chi connectivity index (χ1v) is 13.3. The van der Waals surface area contributed by atoms with Crippen LogP contribution in [0.15, 0.2) is 57.9 Å². The van der Waals surface area contributed by atoms with Crippen molar-refractivity contribution in [3.8, 4) is 5.75 Å². The predicted molar refractivity (Wildman–Crippen MR) is 145 cm³/mol. The van der Waals surface area contributed by atoms with Crippen LogP contribution in [-0.4, -0.2) is 62.7 Å². The van der Waals surface area contributed by atoms with E-state index in [1.165, 1.54) is 6.26 Å². The SMILES string of the molecule is O=C(CC(CCn1nnc2ccccc2c1=O)(C(=O)O)C(=O)O)c1coc2cc(OCCC3CCOCC3)ccc12. The standard InChI is InChI=1S/C29H29N3O9/c33-24(22-17-41-25-15-19(5-6-20(22)25)40-14-9-18-7-12-39-13-8-18)16-29(27(35)36,28(37)38)10-11-32-26(34)21-3-1-2-4-23(21)30-31-32/h1-6,15,17-18H,7-14,16H2,(H,35,36)(H,37,38). The number of fused-ring (bicyclic) bond motifs is 2. The Bertz CT molecular complexity index is 1640. The van der Waals surface area contributed by atoms with Crippen molar-refractivity contribution in [2.24, 2.45) is 11.3 Å². The van der Waals surface area contributed by atoms with Gasteiger partial charge in [-0.25, -0.2) is 4.68 Å². The molecule has 0 unspecified atom stereocenters. The number of ether oxygens (including phenoxy) is 2. The van der Waals surface area contributed by atoms with E-state index in [1.54, 1.807) is 42.5 Å². The molecule has 3 heterocycles. The number of carbonyl (C=O) groups is 3. The average Bonchev–Trinajstić information content (AvgIpc) is 3.40. The number of aliphatic carboxylic acids is 2. The smallest absolute Gasteiger partial charge is 0.321 e. The highest BCUT2D eigenvalue weighted by Crippen LogP contribution is 2.33. The lowest BCUT2D eigenvalue weighted by atomic mass is 9.78. The zero-order valence-corrected chi connectivity index (χ0v) is 22.2. The Morgan fingerprint density at radius 1 is 1.05 bits per heavy atom. The molecule has 1 aliphatic heterocycles. The Kier molecular flexibility index (Phi) is 8.11. The zero-order chi connectivity index (χ0) is 29.0. The third-order valence-corrected chi connectivity index (χ3v) is 7.64.